The van der Waals surface area contributed by atoms with Crippen LogP contribution in [-0.2, 0) is 16.6 Å². The van der Waals surface area contributed by atoms with Crippen LogP contribution in [0.5, 0.6) is 0 Å². The van der Waals surface area contributed by atoms with Crippen LogP contribution < -0.4 is 5.32 Å². The molecule has 2 aromatic rings. The Morgan fingerprint density at radius 1 is 1.45 bits per heavy atom. The Hall–Kier alpha value is -2.21. The van der Waals surface area contributed by atoms with Gasteiger partial charge in [0.25, 0.3) is 0 Å². The fourth-order valence-electron chi connectivity index (χ4n) is 2.63. The topological polar surface area (TPSA) is 56.2 Å². The molecule has 0 bridgehead atoms. The summed E-state index contributed by atoms with van der Waals surface area (Å²) in [6, 6.07) is 5.64. The molecule has 1 aromatic carbocycles. The van der Waals surface area contributed by atoms with Gasteiger partial charge in [-0.05, 0) is 30.5 Å². The fraction of sp³-hybridized carbons (Fsp3) is 0.375. The fourth-order valence-corrected chi connectivity index (χ4v) is 2.63. The van der Waals surface area contributed by atoms with E-state index in [1.54, 1.807) is 18.3 Å². The van der Waals surface area contributed by atoms with Crippen molar-refractivity contribution in [2.45, 2.75) is 25.0 Å². The zero-order chi connectivity index (χ0) is 15.5. The van der Waals surface area contributed by atoms with Gasteiger partial charge in [0, 0.05) is 26.0 Å². The van der Waals surface area contributed by atoms with Gasteiger partial charge in [0.1, 0.15) is 23.8 Å². The predicted molar refractivity (Wildman–Crippen MR) is 78.6 cm³/mol. The summed E-state index contributed by atoms with van der Waals surface area (Å²) in [6.07, 6.45) is 4.68. The molecule has 5 nitrogen and oxygen atoms in total. The molecule has 22 heavy (non-hydrogen) atoms. The molecule has 0 saturated carbocycles. The summed E-state index contributed by atoms with van der Waals surface area (Å²) >= 11 is 0. The lowest BCUT2D eigenvalue weighted by atomic mass is 10.1. The van der Waals surface area contributed by atoms with Gasteiger partial charge >= 0.3 is 0 Å². The number of carbonyl (C=O) groups excluding carboxylic acids is 1. The minimum Gasteiger partial charge on any atom is -0.368 e. The maximum Gasteiger partial charge on any atom is 0.249 e. The summed E-state index contributed by atoms with van der Waals surface area (Å²) in [5, 5.41) is 2.97. The highest BCUT2D eigenvalue weighted by Crippen LogP contribution is 2.22. The van der Waals surface area contributed by atoms with Crippen LogP contribution in [-0.4, -0.2) is 28.2 Å². The number of imidazole rings is 1. The van der Waals surface area contributed by atoms with Crippen LogP contribution in [0.3, 0.4) is 0 Å². The van der Waals surface area contributed by atoms with Crippen molar-refractivity contribution in [3.63, 3.8) is 0 Å². The summed E-state index contributed by atoms with van der Waals surface area (Å²) < 4.78 is 20.4. The average molecular weight is 303 g/mol. The first-order valence-corrected chi connectivity index (χ1v) is 7.30. The highest BCUT2D eigenvalue weighted by molar-refractivity contribution is 5.81. The Morgan fingerprint density at radius 3 is 2.82 bits per heavy atom. The maximum absolute atomic E-state index is 13.2. The third-order valence-corrected chi connectivity index (χ3v) is 3.83. The summed E-state index contributed by atoms with van der Waals surface area (Å²) in [6.45, 7) is 0.613. The van der Waals surface area contributed by atoms with E-state index in [-0.39, 0.29) is 11.7 Å². The summed E-state index contributed by atoms with van der Waals surface area (Å²) in [5.74, 6) is 0.223. The van der Waals surface area contributed by atoms with E-state index in [0.29, 0.717) is 12.4 Å². The second-order valence-electron chi connectivity index (χ2n) is 5.39. The Kier molecular flexibility index (Phi) is 4.20. The minimum atomic E-state index is -0.433. The summed E-state index contributed by atoms with van der Waals surface area (Å²) in [4.78, 5) is 16.7. The van der Waals surface area contributed by atoms with Gasteiger partial charge in [-0.3, -0.25) is 4.79 Å². The van der Waals surface area contributed by atoms with Gasteiger partial charge in [0.05, 0.1) is 0 Å². The Balaban J connectivity index is 1.87. The first-order chi connectivity index (χ1) is 10.6. The molecule has 1 fully saturated rings. The van der Waals surface area contributed by atoms with Crippen LogP contribution in [0, 0.1) is 5.82 Å². The molecule has 1 aromatic heterocycles. The number of aromatic nitrogens is 2. The van der Waals surface area contributed by atoms with E-state index in [9.17, 15) is 9.18 Å². The normalized spacial score (nSPS) is 19.1. The molecular formula is C16H18FN3O2. The number of ether oxygens (including phenoxy) is 1. The van der Waals surface area contributed by atoms with Gasteiger partial charge in [0.2, 0.25) is 5.91 Å². The van der Waals surface area contributed by atoms with Gasteiger partial charge in [-0.1, -0.05) is 12.1 Å². The zero-order valence-corrected chi connectivity index (χ0v) is 12.3. The number of hydrogen-bond donors (Lipinski definition) is 1. The SMILES string of the molecule is Cn1ccnc1[C@@H](NC(=O)[C@@H]1CCCO1)c1ccc(F)cc1. The van der Waals surface area contributed by atoms with Crippen molar-refractivity contribution in [3.05, 3.63) is 53.9 Å². The van der Waals surface area contributed by atoms with Crippen LogP contribution in [0.25, 0.3) is 0 Å². The number of rotatable bonds is 4. The van der Waals surface area contributed by atoms with Crippen LogP contribution in [0.15, 0.2) is 36.7 Å². The summed E-state index contributed by atoms with van der Waals surface area (Å²) in [5.41, 5.74) is 0.780. The van der Waals surface area contributed by atoms with Crippen molar-refractivity contribution < 1.29 is 13.9 Å². The molecular weight excluding hydrogens is 285 g/mol. The number of amides is 1. The van der Waals surface area contributed by atoms with Crippen molar-refractivity contribution >= 4 is 5.91 Å². The second kappa shape index (κ2) is 6.27. The first-order valence-electron chi connectivity index (χ1n) is 7.30. The van der Waals surface area contributed by atoms with E-state index in [2.05, 4.69) is 10.3 Å². The van der Waals surface area contributed by atoms with Gasteiger partial charge in [0.15, 0.2) is 0 Å². The number of benzene rings is 1. The van der Waals surface area contributed by atoms with E-state index >= 15 is 0 Å². The van der Waals surface area contributed by atoms with Crippen LogP contribution in [0.4, 0.5) is 4.39 Å². The van der Waals surface area contributed by atoms with Crippen LogP contribution in [0.1, 0.15) is 30.3 Å². The number of nitrogens with one attached hydrogen (secondary N) is 1. The molecule has 0 unspecified atom stereocenters. The summed E-state index contributed by atoms with van der Waals surface area (Å²) in [7, 11) is 1.86. The first kappa shape index (κ1) is 14.7. The van der Waals surface area contributed by atoms with Crippen molar-refractivity contribution in [3.8, 4) is 0 Å². The Labute approximate surface area is 128 Å². The molecule has 0 spiro atoms. The standard InChI is InChI=1S/C16H18FN3O2/c1-20-9-8-18-15(20)14(11-4-6-12(17)7-5-11)19-16(21)13-3-2-10-22-13/h4-9,13-14H,2-3,10H2,1H3,(H,19,21)/t13-,14-/m0/s1. The lowest BCUT2D eigenvalue weighted by Crippen LogP contribution is -2.38. The van der Waals surface area contributed by atoms with Crippen molar-refractivity contribution in [1.82, 2.24) is 14.9 Å². The number of hydrogen-bond acceptors (Lipinski definition) is 3. The van der Waals surface area contributed by atoms with Gasteiger partial charge in [-0.25, -0.2) is 9.37 Å². The number of halogens is 1. The van der Waals surface area contributed by atoms with Gasteiger partial charge < -0.3 is 14.6 Å². The molecule has 1 amide bonds. The molecule has 1 aliphatic heterocycles. The smallest absolute Gasteiger partial charge is 0.249 e. The second-order valence-corrected chi connectivity index (χ2v) is 5.39. The highest BCUT2D eigenvalue weighted by Gasteiger charge is 2.28. The van der Waals surface area contributed by atoms with Gasteiger partial charge in [-0.2, -0.15) is 0 Å². The van der Waals surface area contributed by atoms with Crippen molar-refractivity contribution in [2.24, 2.45) is 7.05 Å². The molecule has 116 valence electrons. The number of carbonyl (C=O) groups is 1. The predicted octanol–water partition coefficient (Wildman–Crippen LogP) is 1.94. The molecule has 2 atom stereocenters. The quantitative estimate of drug-likeness (QED) is 0.939. The number of aryl methyl sites for hydroxylation is 1. The Bertz CT molecular complexity index is 648. The van der Waals surface area contributed by atoms with Crippen molar-refractivity contribution in [1.29, 1.82) is 0 Å². The van der Waals surface area contributed by atoms with Gasteiger partial charge in [-0.15, -0.1) is 0 Å². The maximum atomic E-state index is 13.2. The van der Waals surface area contributed by atoms with E-state index in [1.807, 2.05) is 17.8 Å². The molecule has 3 rings (SSSR count). The average Bonchev–Trinajstić information content (AvgIpc) is 3.17. The molecule has 0 aliphatic carbocycles. The Morgan fingerprint density at radius 2 is 2.23 bits per heavy atom. The lowest BCUT2D eigenvalue weighted by Gasteiger charge is -2.21. The molecule has 0 radical (unpaired) electrons. The van der Waals surface area contributed by atoms with Crippen LogP contribution >= 0.6 is 0 Å². The third kappa shape index (κ3) is 3.01. The largest absolute Gasteiger partial charge is 0.368 e. The third-order valence-electron chi connectivity index (χ3n) is 3.83. The molecule has 2 heterocycles. The molecule has 1 aliphatic rings. The van der Waals surface area contributed by atoms with E-state index in [0.717, 1.165) is 18.4 Å². The van der Waals surface area contributed by atoms with E-state index < -0.39 is 12.1 Å². The molecule has 1 saturated heterocycles. The molecule has 1 N–H and O–H groups in total. The lowest BCUT2D eigenvalue weighted by molar-refractivity contribution is -0.130. The monoisotopic (exact) mass is 303 g/mol. The number of nitrogens with zero attached hydrogens (tertiary/aromatic N) is 2. The highest BCUT2D eigenvalue weighted by atomic mass is 19.1. The van der Waals surface area contributed by atoms with Crippen LogP contribution in [0.2, 0.25) is 0 Å². The van der Waals surface area contributed by atoms with E-state index in [4.69, 9.17) is 4.74 Å². The van der Waals surface area contributed by atoms with E-state index in [1.165, 1.54) is 12.1 Å². The minimum absolute atomic E-state index is 0.158. The zero-order valence-electron chi connectivity index (χ0n) is 12.3. The van der Waals surface area contributed by atoms with Crippen molar-refractivity contribution in [2.75, 3.05) is 6.61 Å². The molecule has 6 heteroatoms.